The van der Waals surface area contributed by atoms with E-state index in [2.05, 4.69) is 5.16 Å². The van der Waals surface area contributed by atoms with Gasteiger partial charge in [-0.15, -0.1) is 0 Å². The highest BCUT2D eigenvalue weighted by Crippen LogP contribution is 2.28. The summed E-state index contributed by atoms with van der Waals surface area (Å²) < 4.78 is 32.3. The first kappa shape index (κ1) is 14.3. The minimum Gasteiger partial charge on any atom is -0.359 e. The van der Waals surface area contributed by atoms with Crippen LogP contribution in [0.5, 0.6) is 0 Å². The van der Waals surface area contributed by atoms with Gasteiger partial charge in [-0.2, -0.15) is 4.31 Å². The molecular weight excluding hydrogens is 288 g/mol. The van der Waals surface area contributed by atoms with Gasteiger partial charge in [0.1, 0.15) is 0 Å². The Labute approximate surface area is 124 Å². The van der Waals surface area contributed by atoms with Crippen molar-refractivity contribution in [1.82, 2.24) is 9.46 Å². The predicted octanol–water partition coefficient (Wildman–Crippen LogP) is 2.35. The molecular formula is C15H18N2O3S. The fraction of sp³-hybridized carbons (Fsp3) is 0.400. The molecule has 1 aromatic carbocycles. The van der Waals surface area contributed by atoms with Gasteiger partial charge in [0.25, 0.3) is 0 Å². The van der Waals surface area contributed by atoms with E-state index in [-0.39, 0.29) is 6.54 Å². The molecule has 0 amide bonds. The lowest BCUT2D eigenvalue weighted by Gasteiger charge is -2.25. The van der Waals surface area contributed by atoms with E-state index in [4.69, 9.17) is 4.52 Å². The second-order valence-corrected chi connectivity index (χ2v) is 7.43. The van der Waals surface area contributed by atoms with Crippen LogP contribution < -0.4 is 0 Å². The number of aryl methyl sites for hydroxylation is 3. The topological polar surface area (TPSA) is 63.4 Å². The predicted molar refractivity (Wildman–Crippen MR) is 78.5 cm³/mol. The van der Waals surface area contributed by atoms with Gasteiger partial charge in [-0.25, -0.2) is 8.42 Å². The van der Waals surface area contributed by atoms with Crippen LogP contribution in [-0.2, 0) is 23.0 Å². The molecule has 0 unspecified atom stereocenters. The second kappa shape index (κ2) is 4.96. The number of sulfonamides is 1. The molecule has 0 N–H and O–H groups in total. The lowest BCUT2D eigenvalue weighted by molar-refractivity contribution is 0.306. The average molecular weight is 306 g/mol. The minimum atomic E-state index is -3.50. The minimum absolute atomic E-state index is 0.256. The van der Waals surface area contributed by atoms with Gasteiger partial charge in [0, 0.05) is 12.1 Å². The highest BCUT2D eigenvalue weighted by Gasteiger charge is 2.32. The van der Waals surface area contributed by atoms with Crippen molar-refractivity contribution in [3.63, 3.8) is 0 Å². The number of fused-ring (bicyclic) bond motifs is 1. The van der Waals surface area contributed by atoms with Crippen LogP contribution in [0.15, 0.2) is 27.6 Å². The van der Waals surface area contributed by atoms with Crippen molar-refractivity contribution in [1.29, 1.82) is 0 Å². The van der Waals surface area contributed by atoms with Crippen molar-refractivity contribution < 1.29 is 12.9 Å². The number of nitrogens with zero attached hydrogens (tertiary/aromatic N) is 2. The summed E-state index contributed by atoms with van der Waals surface area (Å²) in [6.07, 6.45) is 0.648. The highest BCUT2D eigenvalue weighted by atomic mass is 32.2. The molecule has 0 saturated heterocycles. The number of benzene rings is 1. The summed E-state index contributed by atoms with van der Waals surface area (Å²) in [6.45, 7) is 6.38. The van der Waals surface area contributed by atoms with E-state index in [0.29, 0.717) is 23.6 Å². The smallest absolute Gasteiger partial charge is 0.243 e. The SMILES string of the molecule is Cc1ccc(S(=O)(=O)N2CCc3c(C)noc3C2)c(C)c1. The monoisotopic (exact) mass is 306 g/mol. The zero-order valence-electron chi connectivity index (χ0n) is 12.4. The highest BCUT2D eigenvalue weighted by molar-refractivity contribution is 7.89. The first-order valence-corrected chi connectivity index (χ1v) is 8.35. The molecule has 112 valence electrons. The van der Waals surface area contributed by atoms with E-state index in [1.54, 1.807) is 6.07 Å². The third kappa shape index (κ3) is 2.38. The Kier molecular flexibility index (Phi) is 3.37. The Bertz CT molecular complexity index is 793. The van der Waals surface area contributed by atoms with Gasteiger partial charge in [-0.3, -0.25) is 0 Å². The Morgan fingerprint density at radius 3 is 2.71 bits per heavy atom. The van der Waals surface area contributed by atoms with E-state index in [1.807, 2.05) is 32.9 Å². The van der Waals surface area contributed by atoms with Gasteiger partial charge in [0.05, 0.1) is 17.1 Å². The molecule has 6 heteroatoms. The van der Waals surface area contributed by atoms with Crippen LogP contribution in [0.2, 0.25) is 0 Å². The molecule has 5 nitrogen and oxygen atoms in total. The van der Waals surface area contributed by atoms with E-state index in [1.165, 1.54) is 4.31 Å². The molecule has 21 heavy (non-hydrogen) atoms. The van der Waals surface area contributed by atoms with Crippen LogP contribution >= 0.6 is 0 Å². The maximum Gasteiger partial charge on any atom is 0.243 e. The summed E-state index contributed by atoms with van der Waals surface area (Å²) in [4.78, 5) is 0.368. The third-order valence-corrected chi connectivity index (χ3v) is 5.95. The van der Waals surface area contributed by atoms with Crippen molar-refractivity contribution in [2.45, 2.75) is 38.6 Å². The molecule has 0 fully saturated rings. The van der Waals surface area contributed by atoms with Gasteiger partial charge in [0.15, 0.2) is 5.76 Å². The summed E-state index contributed by atoms with van der Waals surface area (Å²) in [5.74, 6) is 0.659. The Morgan fingerprint density at radius 1 is 1.24 bits per heavy atom. The van der Waals surface area contributed by atoms with Crippen LogP contribution in [0.4, 0.5) is 0 Å². The Morgan fingerprint density at radius 2 is 2.00 bits per heavy atom. The number of rotatable bonds is 2. The first-order chi connectivity index (χ1) is 9.89. The third-order valence-electron chi connectivity index (χ3n) is 3.95. The van der Waals surface area contributed by atoms with Crippen molar-refractivity contribution in [2.75, 3.05) is 6.54 Å². The molecule has 0 saturated carbocycles. The number of aromatic nitrogens is 1. The van der Waals surface area contributed by atoms with E-state index < -0.39 is 10.0 Å². The van der Waals surface area contributed by atoms with Crippen molar-refractivity contribution in [3.8, 4) is 0 Å². The summed E-state index contributed by atoms with van der Waals surface area (Å²) in [5, 5.41) is 3.92. The van der Waals surface area contributed by atoms with Crippen LogP contribution in [-0.4, -0.2) is 24.4 Å². The van der Waals surface area contributed by atoms with Gasteiger partial charge in [-0.05, 0) is 38.8 Å². The van der Waals surface area contributed by atoms with Crippen molar-refractivity contribution >= 4 is 10.0 Å². The van der Waals surface area contributed by atoms with Crippen LogP contribution in [0.3, 0.4) is 0 Å². The largest absolute Gasteiger partial charge is 0.359 e. The zero-order chi connectivity index (χ0) is 15.2. The molecule has 0 radical (unpaired) electrons. The molecule has 0 atom stereocenters. The molecule has 2 heterocycles. The van der Waals surface area contributed by atoms with E-state index in [9.17, 15) is 8.42 Å². The second-order valence-electron chi connectivity index (χ2n) is 5.53. The molecule has 0 aliphatic carbocycles. The summed E-state index contributed by atoms with van der Waals surface area (Å²) in [6, 6.07) is 5.40. The summed E-state index contributed by atoms with van der Waals surface area (Å²) in [7, 11) is -3.50. The van der Waals surface area contributed by atoms with Gasteiger partial charge in [-0.1, -0.05) is 22.9 Å². The Hall–Kier alpha value is -1.66. The van der Waals surface area contributed by atoms with Gasteiger partial charge in [0.2, 0.25) is 10.0 Å². The van der Waals surface area contributed by atoms with Crippen LogP contribution in [0.1, 0.15) is 28.1 Å². The lowest BCUT2D eigenvalue weighted by Crippen LogP contribution is -2.36. The molecule has 0 spiro atoms. The zero-order valence-corrected chi connectivity index (χ0v) is 13.2. The van der Waals surface area contributed by atoms with Crippen LogP contribution in [0, 0.1) is 20.8 Å². The van der Waals surface area contributed by atoms with E-state index >= 15 is 0 Å². The molecule has 0 bridgehead atoms. The lowest BCUT2D eigenvalue weighted by atomic mass is 10.1. The first-order valence-electron chi connectivity index (χ1n) is 6.91. The Balaban J connectivity index is 1.96. The summed E-state index contributed by atoms with van der Waals surface area (Å²) >= 11 is 0. The van der Waals surface area contributed by atoms with Gasteiger partial charge < -0.3 is 4.52 Å². The standard InChI is InChI=1S/C15H18N2O3S/c1-10-4-5-15(11(2)8-10)21(18,19)17-7-6-13-12(3)16-20-14(13)9-17/h4-5,8H,6-7,9H2,1-3H3. The van der Waals surface area contributed by atoms with Crippen molar-refractivity contribution in [2.24, 2.45) is 0 Å². The fourth-order valence-corrected chi connectivity index (χ4v) is 4.39. The average Bonchev–Trinajstić information content (AvgIpc) is 2.79. The molecule has 1 aliphatic heterocycles. The van der Waals surface area contributed by atoms with E-state index in [0.717, 1.165) is 22.4 Å². The normalized spacial score (nSPS) is 16.0. The summed E-state index contributed by atoms with van der Waals surface area (Å²) in [5.41, 5.74) is 3.73. The fourth-order valence-electron chi connectivity index (χ4n) is 2.79. The molecule has 1 aliphatic rings. The van der Waals surface area contributed by atoms with Gasteiger partial charge >= 0.3 is 0 Å². The molecule has 2 aromatic rings. The maximum atomic E-state index is 12.8. The quantitative estimate of drug-likeness (QED) is 0.854. The maximum absolute atomic E-state index is 12.8. The molecule has 3 rings (SSSR count). The molecule has 1 aromatic heterocycles. The van der Waals surface area contributed by atoms with Crippen molar-refractivity contribution in [3.05, 3.63) is 46.3 Å². The number of hydrogen-bond donors (Lipinski definition) is 0. The number of hydrogen-bond acceptors (Lipinski definition) is 4. The van der Waals surface area contributed by atoms with Crippen LogP contribution in [0.25, 0.3) is 0 Å².